The second-order valence-electron chi connectivity index (χ2n) is 7.00. The lowest BCUT2D eigenvalue weighted by molar-refractivity contribution is 0.0678. The van der Waals surface area contributed by atoms with Crippen LogP contribution in [0.3, 0.4) is 0 Å². The fraction of sp³-hybridized carbons (Fsp3) is 0.667. The highest BCUT2D eigenvalue weighted by molar-refractivity contribution is 7.98. The highest BCUT2D eigenvalue weighted by Crippen LogP contribution is 2.28. The molecule has 2 fully saturated rings. The molecule has 0 unspecified atom stereocenters. The Morgan fingerprint density at radius 1 is 1.32 bits per heavy atom. The molecule has 7 heteroatoms. The van der Waals surface area contributed by atoms with Crippen LogP contribution in [0.1, 0.15) is 23.2 Å². The molecular weight excluding hydrogens is 338 g/mol. The zero-order chi connectivity index (χ0) is 17.8. The summed E-state index contributed by atoms with van der Waals surface area (Å²) in [7, 11) is 0. The van der Waals surface area contributed by atoms with Crippen LogP contribution in [0.5, 0.6) is 0 Å². The van der Waals surface area contributed by atoms with Gasteiger partial charge >= 0.3 is 0 Å². The molecule has 0 spiro atoms. The number of carbonyl (C=O) groups is 1. The van der Waals surface area contributed by atoms with Gasteiger partial charge in [-0.1, -0.05) is 0 Å². The predicted molar refractivity (Wildman–Crippen MR) is 97.7 cm³/mol. The van der Waals surface area contributed by atoms with E-state index in [1.165, 1.54) is 11.8 Å². The van der Waals surface area contributed by atoms with Crippen LogP contribution >= 0.6 is 11.8 Å². The van der Waals surface area contributed by atoms with Gasteiger partial charge in [0.15, 0.2) is 0 Å². The molecule has 138 valence electrons. The number of nitrogens with zero attached hydrogens (tertiary/aromatic N) is 3. The topological polar surface area (TPSA) is 76.9 Å². The summed E-state index contributed by atoms with van der Waals surface area (Å²) in [6.45, 7) is 4.04. The average molecular weight is 365 g/mol. The number of carbonyl (C=O) groups excluding carboxylic acids is 1. The zero-order valence-electron chi connectivity index (χ0n) is 14.7. The minimum Gasteiger partial charge on any atom is -0.396 e. The van der Waals surface area contributed by atoms with Gasteiger partial charge in [0, 0.05) is 51.4 Å². The fourth-order valence-electron chi connectivity index (χ4n) is 3.84. The molecule has 1 amide bonds. The highest BCUT2D eigenvalue weighted by Gasteiger charge is 2.37. The predicted octanol–water partition coefficient (Wildman–Crippen LogP) is 0.941. The standard InChI is InChI=1S/C18H27N3O3S/c1-25-17-16(3-2-6-19-17)18(24)21-10-13(14(11-21)12-22)9-20-7-4-15(23)5-8-20/h2-3,6,13-15,22-23H,4-5,7-12H2,1H3/t13-,14-/m0/s1. The number of aromatic nitrogens is 1. The maximum absolute atomic E-state index is 12.9. The molecule has 2 saturated heterocycles. The van der Waals surface area contributed by atoms with E-state index in [-0.39, 0.29) is 30.5 Å². The van der Waals surface area contributed by atoms with Crippen molar-refractivity contribution in [1.82, 2.24) is 14.8 Å². The largest absolute Gasteiger partial charge is 0.396 e. The molecule has 0 aliphatic carbocycles. The van der Waals surface area contributed by atoms with E-state index in [0.29, 0.717) is 18.7 Å². The first-order valence-corrected chi connectivity index (χ1v) is 10.1. The maximum atomic E-state index is 12.9. The molecular formula is C18H27N3O3S. The van der Waals surface area contributed by atoms with E-state index < -0.39 is 0 Å². The summed E-state index contributed by atoms with van der Waals surface area (Å²) in [5.41, 5.74) is 0.647. The number of likely N-dealkylation sites (tertiary alicyclic amines) is 2. The first kappa shape index (κ1) is 18.6. The quantitative estimate of drug-likeness (QED) is 0.757. The van der Waals surface area contributed by atoms with Crippen molar-refractivity contribution in [2.24, 2.45) is 11.8 Å². The molecule has 1 aromatic heterocycles. The van der Waals surface area contributed by atoms with Crippen molar-refractivity contribution in [1.29, 1.82) is 0 Å². The Labute approximate surface area is 153 Å². The number of aliphatic hydroxyl groups excluding tert-OH is 2. The molecule has 2 N–H and O–H groups in total. The van der Waals surface area contributed by atoms with Gasteiger partial charge in [0.1, 0.15) is 5.03 Å². The SMILES string of the molecule is CSc1ncccc1C(=O)N1C[C@@H](CO)[C@@H](CN2CCC(O)CC2)C1. The Morgan fingerprint density at radius 2 is 2.04 bits per heavy atom. The van der Waals surface area contributed by atoms with Crippen LogP contribution < -0.4 is 0 Å². The smallest absolute Gasteiger partial charge is 0.256 e. The van der Waals surface area contributed by atoms with Gasteiger partial charge in [-0.25, -0.2) is 4.98 Å². The zero-order valence-corrected chi connectivity index (χ0v) is 15.5. The van der Waals surface area contributed by atoms with E-state index in [2.05, 4.69) is 9.88 Å². The second kappa shape index (κ2) is 8.49. The maximum Gasteiger partial charge on any atom is 0.256 e. The van der Waals surface area contributed by atoms with E-state index >= 15 is 0 Å². The van der Waals surface area contributed by atoms with Crippen molar-refractivity contribution in [3.8, 4) is 0 Å². The minimum atomic E-state index is -0.179. The van der Waals surface area contributed by atoms with E-state index in [1.807, 2.05) is 17.2 Å². The number of pyridine rings is 1. The first-order chi connectivity index (χ1) is 12.1. The molecule has 2 aliphatic rings. The molecule has 0 saturated carbocycles. The minimum absolute atomic E-state index is 0.00691. The molecule has 0 radical (unpaired) electrons. The molecule has 6 nitrogen and oxygen atoms in total. The van der Waals surface area contributed by atoms with Gasteiger partial charge in [-0.3, -0.25) is 4.79 Å². The fourth-order valence-corrected chi connectivity index (χ4v) is 4.38. The van der Waals surface area contributed by atoms with E-state index in [1.54, 1.807) is 12.3 Å². The summed E-state index contributed by atoms with van der Waals surface area (Å²) in [6, 6.07) is 3.62. The Kier molecular flexibility index (Phi) is 6.33. The van der Waals surface area contributed by atoms with Crippen LogP contribution in [0.2, 0.25) is 0 Å². The summed E-state index contributed by atoms with van der Waals surface area (Å²) in [4.78, 5) is 21.4. The molecule has 1 aromatic rings. The van der Waals surface area contributed by atoms with Gasteiger partial charge in [-0.05, 0) is 37.1 Å². The van der Waals surface area contributed by atoms with Crippen LogP contribution in [0, 0.1) is 11.8 Å². The lowest BCUT2D eigenvalue weighted by Crippen LogP contribution is -2.40. The molecule has 25 heavy (non-hydrogen) atoms. The monoisotopic (exact) mass is 365 g/mol. The summed E-state index contributed by atoms with van der Waals surface area (Å²) in [5, 5.41) is 20.2. The van der Waals surface area contributed by atoms with Gasteiger partial charge in [0.2, 0.25) is 0 Å². The van der Waals surface area contributed by atoms with Crippen molar-refractivity contribution in [2.75, 3.05) is 45.6 Å². The molecule has 0 aromatic carbocycles. The molecule has 3 rings (SSSR count). The third kappa shape index (κ3) is 4.34. The van der Waals surface area contributed by atoms with Gasteiger partial charge < -0.3 is 20.0 Å². The van der Waals surface area contributed by atoms with Crippen molar-refractivity contribution in [3.05, 3.63) is 23.9 Å². The Morgan fingerprint density at radius 3 is 2.72 bits per heavy atom. The summed E-state index contributed by atoms with van der Waals surface area (Å²) >= 11 is 1.48. The van der Waals surface area contributed by atoms with Crippen LogP contribution in [0.4, 0.5) is 0 Å². The molecule has 0 bridgehead atoms. The average Bonchev–Trinajstić information content (AvgIpc) is 3.05. The number of rotatable bonds is 5. The number of hydrogen-bond donors (Lipinski definition) is 2. The van der Waals surface area contributed by atoms with Crippen LogP contribution in [-0.2, 0) is 0 Å². The number of amides is 1. The first-order valence-electron chi connectivity index (χ1n) is 8.92. The van der Waals surface area contributed by atoms with Gasteiger partial charge in [0.25, 0.3) is 5.91 Å². The summed E-state index contributed by atoms with van der Waals surface area (Å²) in [5.74, 6) is 0.399. The number of hydrogen-bond acceptors (Lipinski definition) is 6. The molecule has 2 aliphatic heterocycles. The second-order valence-corrected chi connectivity index (χ2v) is 7.80. The summed E-state index contributed by atoms with van der Waals surface area (Å²) in [6.07, 6.45) is 5.07. The Hall–Kier alpha value is -1.15. The van der Waals surface area contributed by atoms with E-state index in [4.69, 9.17) is 0 Å². The van der Waals surface area contributed by atoms with Crippen molar-refractivity contribution in [3.63, 3.8) is 0 Å². The van der Waals surface area contributed by atoms with Gasteiger partial charge in [-0.2, -0.15) is 0 Å². The number of aliphatic hydroxyl groups is 2. The highest BCUT2D eigenvalue weighted by atomic mass is 32.2. The van der Waals surface area contributed by atoms with Crippen LogP contribution in [-0.4, -0.2) is 82.6 Å². The lowest BCUT2D eigenvalue weighted by atomic mass is 9.95. The van der Waals surface area contributed by atoms with Gasteiger partial charge in [0.05, 0.1) is 11.7 Å². The van der Waals surface area contributed by atoms with Gasteiger partial charge in [-0.15, -0.1) is 11.8 Å². The normalized spacial score (nSPS) is 25.5. The van der Waals surface area contributed by atoms with Crippen LogP contribution in [0.25, 0.3) is 0 Å². The van der Waals surface area contributed by atoms with Crippen molar-refractivity contribution >= 4 is 17.7 Å². The van der Waals surface area contributed by atoms with Crippen molar-refractivity contribution < 1.29 is 15.0 Å². The lowest BCUT2D eigenvalue weighted by Gasteiger charge is -2.32. The number of thioether (sulfide) groups is 1. The number of piperidine rings is 1. The summed E-state index contributed by atoms with van der Waals surface area (Å²) < 4.78 is 0. The third-order valence-electron chi connectivity index (χ3n) is 5.34. The Balaban J connectivity index is 1.65. The van der Waals surface area contributed by atoms with Crippen molar-refractivity contribution in [2.45, 2.75) is 24.0 Å². The van der Waals surface area contributed by atoms with Crippen LogP contribution in [0.15, 0.2) is 23.4 Å². The Bertz CT molecular complexity index is 593. The molecule has 3 heterocycles. The van der Waals surface area contributed by atoms with E-state index in [0.717, 1.165) is 37.5 Å². The van der Waals surface area contributed by atoms with E-state index in [9.17, 15) is 15.0 Å². The third-order valence-corrected chi connectivity index (χ3v) is 6.05. The molecule has 2 atom stereocenters.